The van der Waals surface area contributed by atoms with Gasteiger partial charge in [-0.25, -0.2) is 5.48 Å². The quantitative estimate of drug-likeness (QED) is 0.745. The van der Waals surface area contributed by atoms with E-state index < -0.39 is 0 Å². The van der Waals surface area contributed by atoms with Gasteiger partial charge in [-0.15, -0.1) is 0 Å². The molecule has 2 N–H and O–H groups in total. The molecule has 0 amide bonds. The second kappa shape index (κ2) is 3.87. The molecule has 0 saturated heterocycles. The van der Waals surface area contributed by atoms with E-state index in [1.165, 1.54) is 0 Å². The number of benzene rings is 1. The van der Waals surface area contributed by atoms with Crippen molar-refractivity contribution in [2.24, 2.45) is 0 Å². The molecule has 0 unspecified atom stereocenters. The van der Waals surface area contributed by atoms with Crippen molar-refractivity contribution < 1.29 is 4.84 Å². The van der Waals surface area contributed by atoms with Gasteiger partial charge in [0.1, 0.15) is 6.26 Å². The Morgan fingerprint density at radius 1 is 1.21 bits per heavy atom. The summed E-state index contributed by atoms with van der Waals surface area (Å²) < 4.78 is 0. The van der Waals surface area contributed by atoms with Crippen LogP contribution in [0.1, 0.15) is 5.56 Å². The summed E-state index contributed by atoms with van der Waals surface area (Å²) in [6.07, 6.45) is 5.38. The highest BCUT2D eigenvalue weighted by Gasteiger charge is 2.00. The Labute approximate surface area is 83.0 Å². The van der Waals surface area contributed by atoms with E-state index in [1.54, 1.807) is 6.26 Å². The monoisotopic (exact) mass is 188 g/mol. The molecule has 3 heteroatoms. The zero-order valence-corrected chi connectivity index (χ0v) is 7.95. The van der Waals surface area contributed by atoms with Crippen molar-refractivity contribution >= 4 is 11.3 Å². The van der Waals surface area contributed by atoms with Crippen molar-refractivity contribution in [1.29, 1.82) is 0 Å². The van der Waals surface area contributed by atoms with Gasteiger partial charge in [0.2, 0.25) is 0 Å². The van der Waals surface area contributed by atoms with Gasteiger partial charge < -0.3 is 10.2 Å². The number of allylic oxidation sites excluding steroid dienone is 2. The molecule has 1 aliphatic rings. The van der Waals surface area contributed by atoms with E-state index >= 15 is 0 Å². The van der Waals surface area contributed by atoms with Crippen LogP contribution in [0, 0.1) is 0 Å². The zero-order valence-electron chi connectivity index (χ0n) is 7.95. The van der Waals surface area contributed by atoms with Gasteiger partial charge in [-0.05, 0) is 23.8 Å². The first-order chi connectivity index (χ1) is 6.90. The Kier molecular flexibility index (Phi) is 2.40. The number of hydrogen-bond acceptors (Lipinski definition) is 3. The van der Waals surface area contributed by atoms with Crippen LogP contribution in [-0.2, 0) is 4.84 Å². The molecular formula is C11H12N2O. The summed E-state index contributed by atoms with van der Waals surface area (Å²) >= 11 is 0. The molecule has 0 bridgehead atoms. The lowest BCUT2D eigenvalue weighted by atomic mass is 10.1. The second-order valence-electron chi connectivity index (χ2n) is 2.97. The van der Waals surface area contributed by atoms with Crippen LogP contribution >= 0.6 is 0 Å². The predicted molar refractivity (Wildman–Crippen MR) is 57.3 cm³/mol. The van der Waals surface area contributed by atoms with Gasteiger partial charge in [-0.2, -0.15) is 0 Å². The fourth-order valence-electron chi connectivity index (χ4n) is 1.30. The normalized spacial score (nSPS) is 13.9. The Morgan fingerprint density at radius 3 is 2.57 bits per heavy atom. The number of nitrogens with one attached hydrogen (secondary N) is 2. The minimum absolute atomic E-state index is 1.11. The molecule has 14 heavy (non-hydrogen) atoms. The molecule has 72 valence electrons. The highest BCUT2D eigenvalue weighted by atomic mass is 16.6. The molecule has 0 aliphatic carbocycles. The first kappa shape index (κ1) is 8.69. The molecule has 0 aromatic heterocycles. The van der Waals surface area contributed by atoms with Crippen LogP contribution < -0.4 is 10.8 Å². The fraction of sp³-hybridized carbons (Fsp3) is 0.0909. The third kappa shape index (κ3) is 1.71. The standard InChI is InChI=1S/C11H12N2O/c1-12-11-4-2-9(3-5-11)10-6-7-14-13-8-10/h2-8,12-13H,1H3. The van der Waals surface area contributed by atoms with Crippen molar-refractivity contribution in [3.05, 3.63) is 48.4 Å². The van der Waals surface area contributed by atoms with E-state index in [4.69, 9.17) is 4.84 Å². The van der Waals surface area contributed by atoms with Gasteiger partial charge in [0, 0.05) is 24.5 Å². The molecule has 0 atom stereocenters. The number of hydroxylamine groups is 1. The van der Waals surface area contributed by atoms with Crippen molar-refractivity contribution in [3.63, 3.8) is 0 Å². The van der Waals surface area contributed by atoms with Crippen LogP contribution in [0.15, 0.2) is 42.8 Å². The molecule has 0 fully saturated rings. The maximum absolute atomic E-state index is 4.85. The van der Waals surface area contributed by atoms with Gasteiger partial charge >= 0.3 is 0 Å². The molecule has 1 aliphatic heterocycles. The highest BCUT2D eigenvalue weighted by molar-refractivity contribution is 5.74. The average Bonchev–Trinajstić information content (AvgIpc) is 2.30. The minimum atomic E-state index is 1.11. The topological polar surface area (TPSA) is 33.3 Å². The Hall–Kier alpha value is -1.90. The molecule has 2 rings (SSSR count). The van der Waals surface area contributed by atoms with Gasteiger partial charge in [0.25, 0.3) is 0 Å². The first-order valence-electron chi connectivity index (χ1n) is 4.46. The lowest BCUT2D eigenvalue weighted by Gasteiger charge is -2.09. The van der Waals surface area contributed by atoms with E-state index in [2.05, 4.69) is 22.9 Å². The van der Waals surface area contributed by atoms with Gasteiger partial charge in [0.15, 0.2) is 0 Å². The van der Waals surface area contributed by atoms with Crippen molar-refractivity contribution in [1.82, 2.24) is 5.48 Å². The van der Waals surface area contributed by atoms with E-state index in [0.717, 1.165) is 16.8 Å². The third-order valence-electron chi connectivity index (χ3n) is 2.11. The SMILES string of the molecule is CNc1ccc(C2=CNOC=C2)cc1. The Bertz CT molecular complexity index is 365. The van der Waals surface area contributed by atoms with Crippen molar-refractivity contribution in [3.8, 4) is 0 Å². The summed E-state index contributed by atoms with van der Waals surface area (Å²) in [6.45, 7) is 0. The van der Waals surface area contributed by atoms with Gasteiger partial charge in [0.05, 0.1) is 0 Å². The van der Waals surface area contributed by atoms with Crippen LogP contribution in [0.3, 0.4) is 0 Å². The van der Waals surface area contributed by atoms with E-state index in [-0.39, 0.29) is 0 Å². The summed E-state index contributed by atoms with van der Waals surface area (Å²) in [7, 11) is 1.91. The minimum Gasteiger partial charge on any atom is -0.391 e. The maximum atomic E-state index is 4.85. The van der Waals surface area contributed by atoms with Crippen LogP contribution in [-0.4, -0.2) is 7.05 Å². The van der Waals surface area contributed by atoms with Crippen LogP contribution in [0.2, 0.25) is 0 Å². The number of rotatable bonds is 2. The van der Waals surface area contributed by atoms with Crippen LogP contribution in [0.5, 0.6) is 0 Å². The summed E-state index contributed by atoms with van der Waals surface area (Å²) in [6, 6.07) is 8.21. The third-order valence-corrected chi connectivity index (χ3v) is 2.11. The van der Waals surface area contributed by atoms with Gasteiger partial charge in [-0.1, -0.05) is 12.1 Å². The van der Waals surface area contributed by atoms with E-state index in [1.807, 2.05) is 31.5 Å². The van der Waals surface area contributed by atoms with E-state index in [0.29, 0.717) is 0 Å². The highest BCUT2D eigenvalue weighted by Crippen LogP contribution is 2.19. The van der Waals surface area contributed by atoms with Crippen molar-refractivity contribution in [2.75, 3.05) is 12.4 Å². The molecule has 1 heterocycles. The lowest BCUT2D eigenvalue weighted by Crippen LogP contribution is -2.05. The Morgan fingerprint density at radius 2 is 2.00 bits per heavy atom. The number of hydrogen-bond donors (Lipinski definition) is 2. The van der Waals surface area contributed by atoms with Crippen molar-refractivity contribution in [2.45, 2.75) is 0 Å². The van der Waals surface area contributed by atoms with Crippen LogP contribution in [0.4, 0.5) is 5.69 Å². The molecule has 1 aromatic carbocycles. The first-order valence-corrected chi connectivity index (χ1v) is 4.46. The number of anilines is 1. The fourth-order valence-corrected chi connectivity index (χ4v) is 1.30. The average molecular weight is 188 g/mol. The Balaban J connectivity index is 2.24. The summed E-state index contributed by atoms with van der Waals surface area (Å²) in [5, 5.41) is 3.08. The second-order valence-corrected chi connectivity index (χ2v) is 2.97. The molecule has 0 radical (unpaired) electrons. The maximum Gasteiger partial charge on any atom is 0.119 e. The molecule has 0 spiro atoms. The smallest absolute Gasteiger partial charge is 0.119 e. The zero-order chi connectivity index (χ0) is 9.80. The molecule has 3 nitrogen and oxygen atoms in total. The lowest BCUT2D eigenvalue weighted by molar-refractivity contribution is 0.173. The summed E-state index contributed by atoms with van der Waals surface area (Å²) in [4.78, 5) is 4.85. The van der Waals surface area contributed by atoms with E-state index in [9.17, 15) is 0 Å². The molecule has 0 saturated carbocycles. The summed E-state index contributed by atoms with van der Waals surface area (Å²) in [5.41, 5.74) is 6.08. The predicted octanol–water partition coefficient (Wildman–Crippen LogP) is 2.12. The summed E-state index contributed by atoms with van der Waals surface area (Å²) in [5.74, 6) is 0. The largest absolute Gasteiger partial charge is 0.391 e. The van der Waals surface area contributed by atoms with Gasteiger partial charge in [-0.3, -0.25) is 0 Å². The van der Waals surface area contributed by atoms with Crippen LogP contribution in [0.25, 0.3) is 5.57 Å². The molecular weight excluding hydrogens is 176 g/mol. The molecule has 1 aromatic rings.